The van der Waals surface area contributed by atoms with Crippen molar-refractivity contribution in [1.29, 1.82) is 0 Å². The third-order valence-electron chi connectivity index (χ3n) is 2.19. The Morgan fingerprint density at radius 1 is 1.57 bits per heavy atom. The number of hydrogen-bond donors (Lipinski definition) is 1. The summed E-state index contributed by atoms with van der Waals surface area (Å²) in [4.78, 5) is 15.1. The number of oxazole rings is 1. The zero-order chi connectivity index (χ0) is 10.9. The minimum absolute atomic E-state index is 0.174. The molecule has 4 nitrogen and oxygen atoms in total. The van der Waals surface area contributed by atoms with Gasteiger partial charge in [-0.1, -0.05) is 13.8 Å². The number of carbonyl (C=O) groups is 1. The van der Waals surface area contributed by atoms with E-state index in [1.165, 1.54) is 6.26 Å². The number of aromatic nitrogens is 1. The second-order valence-corrected chi connectivity index (χ2v) is 4.16. The van der Waals surface area contributed by atoms with Gasteiger partial charge in [0.05, 0.1) is 5.69 Å². The molecule has 1 aromatic rings. The number of carboxylic acid groups (broad SMARTS) is 1. The van der Waals surface area contributed by atoms with Crippen molar-refractivity contribution in [3.05, 3.63) is 17.8 Å². The molecule has 14 heavy (non-hydrogen) atoms. The van der Waals surface area contributed by atoms with Crippen LogP contribution in [0.5, 0.6) is 0 Å². The van der Waals surface area contributed by atoms with Gasteiger partial charge in [-0.05, 0) is 13.8 Å². The molecule has 0 aromatic carbocycles. The smallest absolute Gasteiger partial charge is 0.315 e. The van der Waals surface area contributed by atoms with Crippen molar-refractivity contribution in [3.8, 4) is 0 Å². The maximum atomic E-state index is 10.9. The Balaban J connectivity index is 3.03. The van der Waals surface area contributed by atoms with Crippen LogP contribution in [0.15, 0.2) is 10.7 Å². The summed E-state index contributed by atoms with van der Waals surface area (Å²) in [5.74, 6) is -0.149. The minimum atomic E-state index is -0.989. The summed E-state index contributed by atoms with van der Waals surface area (Å²) in [7, 11) is 0. The third-order valence-corrected chi connectivity index (χ3v) is 2.19. The van der Waals surface area contributed by atoms with Crippen LogP contribution in [0.25, 0.3) is 0 Å². The van der Waals surface area contributed by atoms with Crippen molar-refractivity contribution < 1.29 is 14.3 Å². The molecule has 4 heteroatoms. The van der Waals surface area contributed by atoms with Gasteiger partial charge in [0.15, 0.2) is 5.89 Å². The first-order valence-corrected chi connectivity index (χ1v) is 4.55. The molecule has 0 saturated carbocycles. The van der Waals surface area contributed by atoms with E-state index in [1.54, 1.807) is 13.8 Å². The molecule has 1 heterocycles. The second kappa shape index (κ2) is 3.44. The lowest BCUT2D eigenvalue weighted by Crippen LogP contribution is -2.28. The van der Waals surface area contributed by atoms with Gasteiger partial charge in [-0.25, -0.2) is 4.98 Å². The molecule has 0 aliphatic heterocycles. The van der Waals surface area contributed by atoms with Crippen LogP contribution in [-0.2, 0) is 10.2 Å². The molecule has 0 spiro atoms. The Labute approximate surface area is 83.0 Å². The highest BCUT2D eigenvalue weighted by Crippen LogP contribution is 2.24. The predicted octanol–water partition coefficient (Wildman–Crippen LogP) is 2.16. The molecule has 0 fully saturated rings. The standard InChI is InChI=1S/C10H15NO3/c1-6(2)8-11-7(5-14-8)10(3,4)9(12)13/h5-6H,1-4H3,(H,12,13). The molecule has 78 valence electrons. The summed E-state index contributed by atoms with van der Waals surface area (Å²) in [6.07, 6.45) is 1.42. The monoisotopic (exact) mass is 197 g/mol. The van der Waals surface area contributed by atoms with E-state index in [4.69, 9.17) is 9.52 Å². The molecule has 0 bridgehead atoms. The molecule has 0 unspecified atom stereocenters. The van der Waals surface area contributed by atoms with Crippen molar-refractivity contribution in [3.63, 3.8) is 0 Å². The van der Waals surface area contributed by atoms with E-state index in [9.17, 15) is 4.79 Å². The second-order valence-electron chi connectivity index (χ2n) is 4.16. The minimum Gasteiger partial charge on any atom is -0.481 e. The fourth-order valence-corrected chi connectivity index (χ4v) is 0.949. The topological polar surface area (TPSA) is 63.3 Å². The van der Waals surface area contributed by atoms with E-state index < -0.39 is 11.4 Å². The first kappa shape index (κ1) is 10.8. The summed E-state index contributed by atoms with van der Waals surface area (Å²) in [5.41, 5.74) is -0.523. The number of nitrogens with zero attached hydrogens (tertiary/aromatic N) is 1. The molecule has 0 amide bonds. The van der Waals surface area contributed by atoms with Crippen LogP contribution < -0.4 is 0 Å². The zero-order valence-corrected chi connectivity index (χ0v) is 8.87. The fourth-order valence-electron chi connectivity index (χ4n) is 0.949. The van der Waals surface area contributed by atoms with Crippen LogP contribution >= 0.6 is 0 Å². The van der Waals surface area contributed by atoms with Gasteiger partial charge in [0.2, 0.25) is 0 Å². The van der Waals surface area contributed by atoms with E-state index in [1.807, 2.05) is 13.8 Å². The summed E-state index contributed by atoms with van der Waals surface area (Å²) < 4.78 is 5.19. The Morgan fingerprint density at radius 2 is 2.14 bits per heavy atom. The van der Waals surface area contributed by atoms with Crippen LogP contribution in [0.4, 0.5) is 0 Å². The average Bonchev–Trinajstić information content (AvgIpc) is 2.51. The van der Waals surface area contributed by atoms with E-state index in [0.29, 0.717) is 11.6 Å². The van der Waals surface area contributed by atoms with E-state index in [2.05, 4.69) is 4.98 Å². The number of hydrogen-bond acceptors (Lipinski definition) is 3. The fraction of sp³-hybridized carbons (Fsp3) is 0.600. The van der Waals surface area contributed by atoms with Gasteiger partial charge in [-0.15, -0.1) is 0 Å². The van der Waals surface area contributed by atoms with Gasteiger partial charge in [0.25, 0.3) is 0 Å². The first-order chi connectivity index (χ1) is 6.35. The normalized spacial score (nSPS) is 12.1. The van der Waals surface area contributed by atoms with E-state index >= 15 is 0 Å². The number of carboxylic acids is 1. The van der Waals surface area contributed by atoms with Gasteiger partial charge in [-0.3, -0.25) is 4.79 Å². The molecule has 1 rings (SSSR count). The van der Waals surface area contributed by atoms with Crippen molar-refractivity contribution in [2.24, 2.45) is 0 Å². The SMILES string of the molecule is CC(C)c1nc(C(C)(C)C(=O)O)co1. The highest BCUT2D eigenvalue weighted by atomic mass is 16.4. The van der Waals surface area contributed by atoms with Crippen molar-refractivity contribution in [2.75, 3.05) is 0 Å². The lowest BCUT2D eigenvalue weighted by atomic mass is 9.90. The summed E-state index contributed by atoms with van der Waals surface area (Å²) in [6, 6.07) is 0. The Kier molecular flexibility index (Phi) is 2.64. The maximum absolute atomic E-state index is 10.9. The third kappa shape index (κ3) is 1.78. The number of aliphatic carboxylic acids is 1. The van der Waals surface area contributed by atoms with Crippen LogP contribution in [-0.4, -0.2) is 16.1 Å². The molecule has 0 saturated heterocycles. The molecular formula is C10H15NO3. The average molecular weight is 197 g/mol. The van der Waals surface area contributed by atoms with Gasteiger partial charge >= 0.3 is 5.97 Å². The van der Waals surface area contributed by atoms with Crippen molar-refractivity contribution in [1.82, 2.24) is 4.98 Å². The lowest BCUT2D eigenvalue weighted by molar-refractivity contribution is -0.142. The molecular weight excluding hydrogens is 182 g/mol. The van der Waals surface area contributed by atoms with Gasteiger partial charge in [-0.2, -0.15) is 0 Å². The van der Waals surface area contributed by atoms with E-state index in [0.717, 1.165) is 0 Å². The van der Waals surface area contributed by atoms with Gasteiger partial charge in [0.1, 0.15) is 11.7 Å². The maximum Gasteiger partial charge on any atom is 0.315 e. The highest BCUT2D eigenvalue weighted by molar-refractivity contribution is 5.79. The van der Waals surface area contributed by atoms with Crippen molar-refractivity contribution >= 4 is 5.97 Å². The zero-order valence-electron chi connectivity index (χ0n) is 8.87. The Bertz CT molecular complexity index is 339. The van der Waals surface area contributed by atoms with Crippen LogP contribution in [0.3, 0.4) is 0 Å². The Morgan fingerprint density at radius 3 is 2.50 bits per heavy atom. The first-order valence-electron chi connectivity index (χ1n) is 4.55. The van der Waals surface area contributed by atoms with Crippen molar-refractivity contribution in [2.45, 2.75) is 39.0 Å². The number of rotatable bonds is 3. The highest BCUT2D eigenvalue weighted by Gasteiger charge is 2.33. The lowest BCUT2D eigenvalue weighted by Gasteiger charge is -2.14. The molecule has 0 atom stereocenters. The van der Waals surface area contributed by atoms with E-state index in [-0.39, 0.29) is 5.92 Å². The van der Waals surface area contributed by atoms with Gasteiger partial charge in [0, 0.05) is 5.92 Å². The molecule has 0 radical (unpaired) electrons. The predicted molar refractivity (Wildman–Crippen MR) is 51.3 cm³/mol. The largest absolute Gasteiger partial charge is 0.481 e. The molecule has 1 aromatic heterocycles. The summed E-state index contributed by atoms with van der Waals surface area (Å²) >= 11 is 0. The summed E-state index contributed by atoms with van der Waals surface area (Å²) in [6.45, 7) is 7.11. The Hall–Kier alpha value is -1.32. The molecule has 0 aliphatic rings. The van der Waals surface area contributed by atoms with Crippen LogP contribution in [0.1, 0.15) is 45.2 Å². The quantitative estimate of drug-likeness (QED) is 0.806. The summed E-state index contributed by atoms with van der Waals surface area (Å²) in [5, 5.41) is 8.96. The van der Waals surface area contributed by atoms with Crippen LogP contribution in [0.2, 0.25) is 0 Å². The van der Waals surface area contributed by atoms with Gasteiger partial charge < -0.3 is 9.52 Å². The molecule has 1 N–H and O–H groups in total. The van der Waals surface area contributed by atoms with Crippen LogP contribution in [0, 0.1) is 0 Å². The molecule has 0 aliphatic carbocycles.